The predicted molar refractivity (Wildman–Crippen MR) is 127 cm³/mol. The number of hydrogen-bond acceptors (Lipinski definition) is 7. The molecule has 1 aliphatic heterocycles. The van der Waals surface area contributed by atoms with E-state index in [1.165, 1.54) is 31.3 Å². The molecule has 3 amide bonds. The second kappa shape index (κ2) is 10.2. The Bertz CT molecular complexity index is 1140. The van der Waals surface area contributed by atoms with Crippen molar-refractivity contribution in [2.45, 2.75) is 26.2 Å². The van der Waals surface area contributed by atoms with Crippen molar-refractivity contribution in [3.63, 3.8) is 0 Å². The molecule has 3 atom stereocenters. The number of imide groups is 1. The normalized spacial score (nSPS) is 21.3. The smallest absolute Gasteiger partial charge is 0.338 e. The first-order chi connectivity index (χ1) is 16.8. The van der Waals surface area contributed by atoms with E-state index in [2.05, 4.69) is 12.2 Å². The molecule has 2 aliphatic rings. The molecule has 0 unspecified atom stereocenters. The van der Waals surface area contributed by atoms with Crippen LogP contribution < -0.4 is 19.7 Å². The summed E-state index contributed by atoms with van der Waals surface area (Å²) in [4.78, 5) is 51.7. The highest BCUT2D eigenvalue weighted by Crippen LogP contribution is 2.42. The molecule has 2 fully saturated rings. The summed E-state index contributed by atoms with van der Waals surface area (Å²) in [7, 11) is 2.97. The molecule has 9 nitrogen and oxygen atoms in total. The molecular formula is C26H28N2O7. The van der Waals surface area contributed by atoms with Crippen LogP contribution >= 0.6 is 0 Å². The summed E-state index contributed by atoms with van der Waals surface area (Å²) in [6.45, 7) is 1.59. The molecule has 2 aromatic carbocycles. The van der Waals surface area contributed by atoms with Crippen molar-refractivity contribution in [2.75, 3.05) is 31.0 Å². The van der Waals surface area contributed by atoms with Crippen LogP contribution in [0.3, 0.4) is 0 Å². The molecule has 0 bridgehead atoms. The molecule has 2 aromatic rings. The average Bonchev–Trinajstić information content (AvgIpc) is 3.11. The minimum atomic E-state index is -0.703. The lowest BCUT2D eigenvalue weighted by molar-refractivity contribution is -0.122. The molecule has 0 aromatic heterocycles. The summed E-state index contributed by atoms with van der Waals surface area (Å²) < 4.78 is 15.5. The van der Waals surface area contributed by atoms with E-state index in [0.29, 0.717) is 28.8 Å². The Morgan fingerprint density at radius 2 is 1.69 bits per heavy atom. The number of amides is 3. The van der Waals surface area contributed by atoms with E-state index in [4.69, 9.17) is 14.2 Å². The van der Waals surface area contributed by atoms with E-state index in [-0.39, 0.29) is 29.2 Å². The van der Waals surface area contributed by atoms with Crippen LogP contribution in [0.4, 0.5) is 11.4 Å². The van der Waals surface area contributed by atoms with Gasteiger partial charge in [0.1, 0.15) is 11.5 Å². The Hall–Kier alpha value is -3.88. The number of rotatable bonds is 7. The molecular weight excluding hydrogens is 452 g/mol. The van der Waals surface area contributed by atoms with Gasteiger partial charge in [0, 0.05) is 6.07 Å². The maximum atomic E-state index is 12.9. The first kappa shape index (κ1) is 24.3. The van der Waals surface area contributed by atoms with Gasteiger partial charge in [0.2, 0.25) is 11.8 Å². The zero-order valence-corrected chi connectivity index (χ0v) is 19.9. The largest absolute Gasteiger partial charge is 0.497 e. The van der Waals surface area contributed by atoms with E-state index in [9.17, 15) is 19.2 Å². The topological polar surface area (TPSA) is 111 Å². The number of esters is 1. The highest BCUT2D eigenvalue weighted by molar-refractivity contribution is 6.22. The number of fused-ring (bicyclic) bond motifs is 1. The number of nitrogens with one attached hydrogen (secondary N) is 1. The number of hydrogen-bond donors (Lipinski definition) is 1. The van der Waals surface area contributed by atoms with Gasteiger partial charge >= 0.3 is 5.97 Å². The number of carbonyl (C=O) groups excluding carboxylic acids is 4. The van der Waals surface area contributed by atoms with E-state index in [1.807, 2.05) is 0 Å². The van der Waals surface area contributed by atoms with E-state index < -0.39 is 18.5 Å². The number of anilines is 2. The van der Waals surface area contributed by atoms with Gasteiger partial charge < -0.3 is 19.5 Å². The predicted octanol–water partition coefficient (Wildman–Crippen LogP) is 3.42. The molecule has 35 heavy (non-hydrogen) atoms. The summed E-state index contributed by atoms with van der Waals surface area (Å²) in [6, 6.07) is 11.0. The van der Waals surface area contributed by atoms with Gasteiger partial charge in [-0.25, -0.2) is 4.79 Å². The molecule has 1 saturated carbocycles. The average molecular weight is 481 g/mol. The summed E-state index contributed by atoms with van der Waals surface area (Å²) in [6.07, 6.45) is 2.39. The lowest BCUT2D eigenvalue weighted by Gasteiger charge is -2.25. The van der Waals surface area contributed by atoms with Crippen LogP contribution in [0.25, 0.3) is 0 Å². The van der Waals surface area contributed by atoms with Crippen molar-refractivity contribution < 1.29 is 33.4 Å². The van der Waals surface area contributed by atoms with Crippen LogP contribution in [0.2, 0.25) is 0 Å². The molecule has 0 radical (unpaired) electrons. The monoisotopic (exact) mass is 480 g/mol. The van der Waals surface area contributed by atoms with Crippen LogP contribution in [0, 0.1) is 17.8 Å². The molecule has 0 spiro atoms. The number of ether oxygens (including phenoxy) is 3. The zero-order chi connectivity index (χ0) is 25.1. The van der Waals surface area contributed by atoms with Gasteiger partial charge in [-0.15, -0.1) is 0 Å². The third-order valence-corrected chi connectivity index (χ3v) is 6.56. The minimum Gasteiger partial charge on any atom is -0.497 e. The van der Waals surface area contributed by atoms with Gasteiger partial charge in [-0.05, 0) is 61.6 Å². The van der Waals surface area contributed by atoms with Gasteiger partial charge in [0.05, 0.1) is 43.0 Å². The minimum absolute atomic E-state index is 0.174. The Balaban J connectivity index is 1.36. The molecule has 184 valence electrons. The van der Waals surface area contributed by atoms with Gasteiger partial charge in [-0.3, -0.25) is 19.3 Å². The Labute approximate surface area is 203 Å². The van der Waals surface area contributed by atoms with Crippen molar-refractivity contribution in [1.29, 1.82) is 0 Å². The van der Waals surface area contributed by atoms with Gasteiger partial charge in [-0.2, -0.15) is 0 Å². The Morgan fingerprint density at radius 3 is 2.37 bits per heavy atom. The van der Waals surface area contributed by atoms with Crippen molar-refractivity contribution in [2.24, 2.45) is 17.8 Å². The number of carbonyl (C=O) groups is 4. The summed E-state index contributed by atoms with van der Waals surface area (Å²) in [5.74, 6) is -0.742. The van der Waals surface area contributed by atoms with Crippen LogP contribution in [0.15, 0.2) is 42.5 Å². The van der Waals surface area contributed by atoms with E-state index in [0.717, 1.165) is 19.3 Å². The van der Waals surface area contributed by atoms with Crippen LogP contribution in [-0.2, 0) is 19.1 Å². The molecule has 1 saturated heterocycles. The molecule has 1 aliphatic carbocycles. The van der Waals surface area contributed by atoms with Crippen molar-refractivity contribution >= 4 is 35.1 Å². The third-order valence-electron chi connectivity index (χ3n) is 6.56. The number of methoxy groups -OCH3 is 2. The van der Waals surface area contributed by atoms with Crippen molar-refractivity contribution in [3.8, 4) is 11.5 Å². The summed E-state index contributed by atoms with van der Waals surface area (Å²) in [5, 5.41) is 2.62. The van der Waals surface area contributed by atoms with Gasteiger partial charge in [-0.1, -0.05) is 6.92 Å². The van der Waals surface area contributed by atoms with Crippen molar-refractivity contribution in [1.82, 2.24) is 0 Å². The fourth-order valence-electron chi connectivity index (χ4n) is 4.70. The maximum absolute atomic E-state index is 12.9. The molecule has 9 heteroatoms. The summed E-state index contributed by atoms with van der Waals surface area (Å²) >= 11 is 0. The van der Waals surface area contributed by atoms with Crippen LogP contribution in [0.5, 0.6) is 11.5 Å². The first-order valence-corrected chi connectivity index (χ1v) is 11.5. The maximum Gasteiger partial charge on any atom is 0.338 e. The van der Waals surface area contributed by atoms with E-state index in [1.54, 1.807) is 30.3 Å². The Kier molecular flexibility index (Phi) is 7.04. The van der Waals surface area contributed by atoms with Crippen molar-refractivity contribution in [3.05, 3.63) is 48.0 Å². The summed E-state index contributed by atoms with van der Waals surface area (Å²) in [5.41, 5.74) is 1.01. The molecule has 1 N–H and O–H groups in total. The standard InChI is InChI=1S/C26H28N2O7/c1-15-4-10-19-20(12-15)25(31)28(24(19)30)17-7-5-16(6-8-17)26(32)35-14-23(29)27-21-13-18(33-2)9-11-22(21)34-3/h5-9,11,13,15,19-20H,4,10,12,14H2,1-3H3,(H,27,29)/t15-,19+,20-/m0/s1. The van der Waals surface area contributed by atoms with Gasteiger partial charge in [0.25, 0.3) is 5.91 Å². The SMILES string of the molecule is COc1ccc(OC)c(NC(=O)COC(=O)c2ccc(N3C(=O)[C@H]4C[C@@H](C)CC[C@H]4C3=O)cc2)c1. The first-order valence-electron chi connectivity index (χ1n) is 11.5. The number of benzene rings is 2. The lowest BCUT2D eigenvalue weighted by atomic mass is 9.76. The second-order valence-electron chi connectivity index (χ2n) is 8.88. The third kappa shape index (κ3) is 4.99. The lowest BCUT2D eigenvalue weighted by Crippen LogP contribution is -2.30. The quantitative estimate of drug-likeness (QED) is 0.477. The number of nitrogens with zero attached hydrogens (tertiary/aromatic N) is 1. The Morgan fingerprint density at radius 1 is 0.971 bits per heavy atom. The molecule has 1 heterocycles. The second-order valence-corrected chi connectivity index (χ2v) is 8.88. The van der Waals surface area contributed by atoms with Crippen LogP contribution in [0.1, 0.15) is 36.5 Å². The highest BCUT2D eigenvalue weighted by atomic mass is 16.5. The zero-order valence-electron chi connectivity index (χ0n) is 19.9. The highest BCUT2D eigenvalue weighted by Gasteiger charge is 2.49. The van der Waals surface area contributed by atoms with Crippen LogP contribution in [-0.4, -0.2) is 44.5 Å². The fourth-order valence-corrected chi connectivity index (χ4v) is 4.70. The fraction of sp³-hybridized carbons (Fsp3) is 0.385. The van der Waals surface area contributed by atoms with E-state index >= 15 is 0 Å². The van der Waals surface area contributed by atoms with Gasteiger partial charge in [0.15, 0.2) is 6.61 Å². The molecule has 4 rings (SSSR count).